The number of benzene rings is 1. The average Bonchev–Trinajstić information content (AvgIpc) is 2.38. The highest BCUT2D eigenvalue weighted by Gasteiger charge is 2.07. The van der Waals surface area contributed by atoms with Crippen LogP contribution >= 0.6 is 0 Å². The molecule has 4 heteroatoms. The van der Waals surface area contributed by atoms with Gasteiger partial charge >= 0.3 is 6.03 Å². The maximum atomic E-state index is 11.7. The molecule has 2 N–H and O–H groups in total. The quantitative estimate of drug-likeness (QED) is 0.837. The normalized spacial score (nSPS) is 10.6. The van der Waals surface area contributed by atoms with Crippen LogP contribution in [0.3, 0.4) is 0 Å². The first-order valence-corrected chi connectivity index (χ1v) is 6.07. The first kappa shape index (κ1) is 14.3. The largest absolute Gasteiger partial charge is 0.395 e. The lowest BCUT2D eigenvalue weighted by Gasteiger charge is -2.18. The molecule has 0 saturated heterocycles. The van der Waals surface area contributed by atoms with Crippen LogP contribution in [0.1, 0.15) is 18.1 Å². The van der Waals surface area contributed by atoms with Crippen LogP contribution in [0.5, 0.6) is 0 Å². The van der Waals surface area contributed by atoms with E-state index >= 15 is 0 Å². The molecule has 0 aliphatic heterocycles. The number of rotatable bonds is 5. The predicted molar refractivity (Wildman–Crippen MR) is 73.1 cm³/mol. The highest BCUT2D eigenvalue weighted by atomic mass is 16.3. The fraction of sp³-hybridized carbons (Fsp3) is 0.357. The standard InChI is InChI=1S/C14H20N2O2/c1-3-16(10-11-17)14(18)15-9-8-13-6-4-12(2)5-7-13/h4-9,17H,3,10-11H2,1-2H3,(H,15,18)/b9-8+. The first-order chi connectivity index (χ1) is 8.67. The SMILES string of the molecule is CCN(CCO)C(=O)N/C=C/c1ccc(C)cc1. The lowest BCUT2D eigenvalue weighted by Crippen LogP contribution is -2.39. The molecule has 2 amide bonds. The van der Waals surface area contributed by atoms with E-state index in [1.165, 1.54) is 5.56 Å². The third-order valence-corrected chi connectivity index (χ3v) is 2.60. The maximum absolute atomic E-state index is 11.7. The number of aryl methyl sites for hydroxylation is 1. The number of hydrogen-bond acceptors (Lipinski definition) is 2. The summed E-state index contributed by atoms with van der Waals surface area (Å²) in [4.78, 5) is 13.2. The average molecular weight is 248 g/mol. The van der Waals surface area contributed by atoms with Crippen molar-refractivity contribution in [2.24, 2.45) is 0 Å². The van der Waals surface area contributed by atoms with Gasteiger partial charge in [-0.05, 0) is 25.5 Å². The molecule has 0 fully saturated rings. The summed E-state index contributed by atoms with van der Waals surface area (Å²) in [5, 5.41) is 11.5. The number of urea groups is 1. The van der Waals surface area contributed by atoms with E-state index in [0.29, 0.717) is 13.1 Å². The van der Waals surface area contributed by atoms with Gasteiger partial charge in [-0.3, -0.25) is 0 Å². The number of nitrogens with one attached hydrogen (secondary N) is 1. The molecule has 98 valence electrons. The summed E-state index contributed by atoms with van der Waals surface area (Å²) >= 11 is 0. The maximum Gasteiger partial charge on any atom is 0.321 e. The summed E-state index contributed by atoms with van der Waals surface area (Å²) in [6.45, 7) is 4.80. The monoisotopic (exact) mass is 248 g/mol. The van der Waals surface area contributed by atoms with Gasteiger partial charge in [0, 0.05) is 19.3 Å². The fourth-order valence-corrected chi connectivity index (χ4v) is 1.50. The zero-order valence-corrected chi connectivity index (χ0v) is 10.9. The molecule has 0 unspecified atom stereocenters. The van der Waals surface area contributed by atoms with E-state index in [1.807, 2.05) is 44.2 Å². The summed E-state index contributed by atoms with van der Waals surface area (Å²) in [5.74, 6) is 0. The van der Waals surface area contributed by atoms with Gasteiger partial charge in [-0.15, -0.1) is 0 Å². The van der Waals surface area contributed by atoms with Crippen LogP contribution in [-0.4, -0.2) is 35.7 Å². The van der Waals surface area contributed by atoms with Crippen molar-refractivity contribution in [2.75, 3.05) is 19.7 Å². The minimum atomic E-state index is -0.199. The van der Waals surface area contributed by atoms with Gasteiger partial charge in [0.15, 0.2) is 0 Å². The second kappa shape index (κ2) is 7.50. The third kappa shape index (κ3) is 4.59. The summed E-state index contributed by atoms with van der Waals surface area (Å²) in [6.07, 6.45) is 3.46. The van der Waals surface area contributed by atoms with E-state index in [9.17, 15) is 4.79 Å². The second-order valence-corrected chi connectivity index (χ2v) is 4.00. The van der Waals surface area contributed by atoms with Gasteiger partial charge in [-0.2, -0.15) is 0 Å². The van der Waals surface area contributed by atoms with Crippen LogP contribution in [0.4, 0.5) is 4.79 Å². The summed E-state index contributed by atoms with van der Waals surface area (Å²) in [5.41, 5.74) is 2.24. The molecule has 0 aromatic heterocycles. The molecule has 0 aliphatic carbocycles. The second-order valence-electron chi connectivity index (χ2n) is 4.00. The molecule has 0 heterocycles. The van der Waals surface area contributed by atoms with E-state index in [-0.39, 0.29) is 12.6 Å². The topological polar surface area (TPSA) is 52.6 Å². The van der Waals surface area contributed by atoms with Gasteiger partial charge in [0.25, 0.3) is 0 Å². The van der Waals surface area contributed by atoms with E-state index in [4.69, 9.17) is 5.11 Å². The van der Waals surface area contributed by atoms with Crippen molar-refractivity contribution in [3.8, 4) is 0 Å². The predicted octanol–water partition coefficient (Wildman–Crippen LogP) is 1.99. The molecule has 0 radical (unpaired) electrons. The zero-order chi connectivity index (χ0) is 13.4. The van der Waals surface area contributed by atoms with E-state index in [2.05, 4.69) is 5.32 Å². The number of amides is 2. The highest BCUT2D eigenvalue weighted by Crippen LogP contribution is 2.04. The van der Waals surface area contributed by atoms with Crippen LogP contribution in [0.15, 0.2) is 30.5 Å². The Morgan fingerprint density at radius 1 is 1.39 bits per heavy atom. The third-order valence-electron chi connectivity index (χ3n) is 2.60. The number of carbonyl (C=O) groups is 1. The van der Waals surface area contributed by atoms with Crippen LogP contribution in [-0.2, 0) is 0 Å². The van der Waals surface area contributed by atoms with Crippen molar-refractivity contribution in [1.82, 2.24) is 10.2 Å². The molecule has 1 rings (SSSR count). The Balaban J connectivity index is 2.48. The molecule has 0 atom stereocenters. The van der Waals surface area contributed by atoms with Crippen LogP contribution in [0.2, 0.25) is 0 Å². The molecule has 0 spiro atoms. The minimum absolute atomic E-state index is 0.0249. The fourth-order valence-electron chi connectivity index (χ4n) is 1.50. The Morgan fingerprint density at radius 2 is 2.06 bits per heavy atom. The highest BCUT2D eigenvalue weighted by molar-refractivity contribution is 5.76. The molecule has 0 bridgehead atoms. The van der Waals surface area contributed by atoms with E-state index in [0.717, 1.165) is 5.56 Å². The van der Waals surface area contributed by atoms with Gasteiger partial charge in [0.1, 0.15) is 0 Å². The Labute approximate surface area is 108 Å². The van der Waals surface area contributed by atoms with Crippen LogP contribution in [0, 0.1) is 6.92 Å². The van der Waals surface area contributed by atoms with Crippen molar-refractivity contribution >= 4 is 12.1 Å². The molecular weight excluding hydrogens is 228 g/mol. The van der Waals surface area contributed by atoms with Gasteiger partial charge in [0.05, 0.1) is 6.61 Å². The lowest BCUT2D eigenvalue weighted by molar-refractivity contribution is 0.183. The number of nitrogens with zero attached hydrogens (tertiary/aromatic N) is 1. The number of aliphatic hydroxyl groups excluding tert-OH is 1. The minimum Gasteiger partial charge on any atom is -0.395 e. The van der Waals surface area contributed by atoms with Gasteiger partial charge in [0.2, 0.25) is 0 Å². The van der Waals surface area contributed by atoms with Crippen molar-refractivity contribution in [2.45, 2.75) is 13.8 Å². The first-order valence-electron chi connectivity index (χ1n) is 6.07. The smallest absolute Gasteiger partial charge is 0.321 e. The molecule has 0 saturated carbocycles. The van der Waals surface area contributed by atoms with Crippen molar-refractivity contribution in [3.05, 3.63) is 41.6 Å². The Morgan fingerprint density at radius 3 is 2.61 bits per heavy atom. The molecule has 0 aliphatic rings. The summed E-state index contributed by atoms with van der Waals surface area (Å²) in [6, 6.07) is 7.82. The molecular formula is C14H20N2O2. The molecule has 18 heavy (non-hydrogen) atoms. The number of carbonyl (C=O) groups excluding carboxylic acids is 1. The summed E-state index contributed by atoms with van der Waals surface area (Å²) < 4.78 is 0. The van der Waals surface area contributed by atoms with Crippen LogP contribution < -0.4 is 5.32 Å². The number of likely N-dealkylation sites (N-methyl/N-ethyl adjacent to an activating group) is 1. The molecule has 4 nitrogen and oxygen atoms in total. The van der Waals surface area contributed by atoms with E-state index < -0.39 is 0 Å². The number of aliphatic hydroxyl groups is 1. The Hall–Kier alpha value is -1.81. The number of hydrogen-bond donors (Lipinski definition) is 2. The lowest BCUT2D eigenvalue weighted by atomic mass is 10.1. The van der Waals surface area contributed by atoms with Crippen LogP contribution in [0.25, 0.3) is 6.08 Å². The molecule has 1 aromatic rings. The van der Waals surface area contributed by atoms with Gasteiger partial charge < -0.3 is 15.3 Å². The molecule has 1 aromatic carbocycles. The van der Waals surface area contributed by atoms with Gasteiger partial charge in [-0.1, -0.05) is 29.8 Å². The Kier molecular flexibility index (Phi) is 5.94. The van der Waals surface area contributed by atoms with Crippen molar-refractivity contribution < 1.29 is 9.90 Å². The zero-order valence-electron chi connectivity index (χ0n) is 10.9. The summed E-state index contributed by atoms with van der Waals surface area (Å²) in [7, 11) is 0. The van der Waals surface area contributed by atoms with Gasteiger partial charge in [-0.25, -0.2) is 4.79 Å². The Bertz CT molecular complexity index is 399. The van der Waals surface area contributed by atoms with Crippen molar-refractivity contribution in [1.29, 1.82) is 0 Å². The van der Waals surface area contributed by atoms with E-state index in [1.54, 1.807) is 11.1 Å². The van der Waals surface area contributed by atoms with Crippen molar-refractivity contribution in [3.63, 3.8) is 0 Å².